The van der Waals surface area contributed by atoms with Crippen molar-refractivity contribution < 1.29 is 9.47 Å². The fraction of sp³-hybridized carbons (Fsp3) is 0.500. The summed E-state index contributed by atoms with van der Waals surface area (Å²) in [5.74, 6) is 1.74. The zero-order valence-corrected chi connectivity index (χ0v) is 13.5. The summed E-state index contributed by atoms with van der Waals surface area (Å²) in [5.41, 5.74) is 0. The summed E-state index contributed by atoms with van der Waals surface area (Å²) in [5, 5.41) is 0. The number of benzene rings is 1. The Hall–Kier alpha value is -1.23. The summed E-state index contributed by atoms with van der Waals surface area (Å²) in [6.07, 6.45) is 1.74. The second kappa shape index (κ2) is 9.66. The summed E-state index contributed by atoms with van der Waals surface area (Å²) in [7, 11) is 2.17. The number of halogens is 1. The Morgan fingerprint density at radius 2 is 1.62 bits per heavy atom. The smallest absolute Gasteiger partial charge is 0.120 e. The third-order valence-electron chi connectivity index (χ3n) is 3.46. The predicted molar refractivity (Wildman–Crippen MR) is 88.8 cm³/mol. The van der Waals surface area contributed by atoms with E-state index in [1.807, 2.05) is 24.3 Å². The largest absolute Gasteiger partial charge is 0.492 e. The summed E-state index contributed by atoms with van der Waals surface area (Å²) in [6.45, 7) is 10.4. The first-order valence-electron chi connectivity index (χ1n) is 7.15. The van der Waals surface area contributed by atoms with E-state index in [1.54, 1.807) is 6.08 Å². The van der Waals surface area contributed by atoms with Crippen LogP contribution in [0.25, 0.3) is 0 Å². The molecular weight excluding hydrogens is 288 g/mol. The van der Waals surface area contributed by atoms with E-state index in [0.717, 1.165) is 50.8 Å². The van der Waals surface area contributed by atoms with Crippen molar-refractivity contribution in [3.05, 3.63) is 36.9 Å². The highest BCUT2D eigenvalue weighted by atomic mass is 35.5. The van der Waals surface area contributed by atoms with E-state index in [-0.39, 0.29) is 12.4 Å². The number of hydrogen-bond donors (Lipinski definition) is 0. The van der Waals surface area contributed by atoms with Crippen molar-refractivity contribution in [2.75, 3.05) is 53.0 Å². The molecule has 0 atom stereocenters. The van der Waals surface area contributed by atoms with Gasteiger partial charge < -0.3 is 14.4 Å². The van der Waals surface area contributed by atoms with Gasteiger partial charge in [-0.15, -0.1) is 12.4 Å². The van der Waals surface area contributed by atoms with Gasteiger partial charge in [-0.25, -0.2) is 0 Å². The molecule has 1 aliphatic heterocycles. The van der Waals surface area contributed by atoms with Gasteiger partial charge in [0.25, 0.3) is 0 Å². The molecule has 1 aromatic carbocycles. The van der Waals surface area contributed by atoms with E-state index >= 15 is 0 Å². The summed E-state index contributed by atoms with van der Waals surface area (Å²) in [6, 6.07) is 7.74. The maximum Gasteiger partial charge on any atom is 0.120 e. The number of nitrogens with zero attached hydrogens (tertiary/aromatic N) is 2. The number of likely N-dealkylation sites (N-methyl/N-ethyl adjacent to an activating group) is 1. The third kappa shape index (κ3) is 6.38. The lowest BCUT2D eigenvalue weighted by atomic mass is 10.3. The molecule has 1 fully saturated rings. The van der Waals surface area contributed by atoms with Crippen LogP contribution in [-0.4, -0.2) is 62.8 Å². The average Bonchev–Trinajstić information content (AvgIpc) is 2.48. The maximum atomic E-state index is 5.76. The molecule has 0 spiro atoms. The first kappa shape index (κ1) is 17.8. The van der Waals surface area contributed by atoms with Gasteiger partial charge in [-0.05, 0) is 31.3 Å². The van der Waals surface area contributed by atoms with Crippen LogP contribution in [0.2, 0.25) is 0 Å². The first-order chi connectivity index (χ1) is 9.78. The highest BCUT2D eigenvalue weighted by Gasteiger charge is 2.12. The van der Waals surface area contributed by atoms with Crippen LogP contribution in [0, 0.1) is 0 Å². The minimum atomic E-state index is 0. The summed E-state index contributed by atoms with van der Waals surface area (Å²) < 4.78 is 11.2. The van der Waals surface area contributed by atoms with Crippen LogP contribution < -0.4 is 9.47 Å². The molecule has 0 amide bonds. The Labute approximate surface area is 133 Å². The van der Waals surface area contributed by atoms with Crippen molar-refractivity contribution in [2.45, 2.75) is 0 Å². The molecule has 0 saturated carbocycles. The van der Waals surface area contributed by atoms with Gasteiger partial charge in [0.05, 0.1) is 0 Å². The minimum absolute atomic E-state index is 0. The molecule has 0 N–H and O–H groups in total. The van der Waals surface area contributed by atoms with Gasteiger partial charge in [-0.3, -0.25) is 4.90 Å². The molecule has 0 aliphatic carbocycles. The predicted octanol–water partition coefficient (Wildman–Crippen LogP) is 2.30. The molecule has 118 valence electrons. The number of rotatable bonds is 7. The van der Waals surface area contributed by atoms with Gasteiger partial charge in [0.2, 0.25) is 0 Å². The number of hydrogen-bond acceptors (Lipinski definition) is 4. The molecule has 0 radical (unpaired) electrons. The fourth-order valence-electron chi connectivity index (χ4n) is 2.15. The Morgan fingerprint density at radius 1 is 1.05 bits per heavy atom. The van der Waals surface area contributed by atoms with Gasteiger partial charge in [0.1, 0.15) is 24.7 Å². The summed E-state index contributed by atoms with van der Waals surface area (Å²) >= 11 is 0. The van der Waals surface area contributed by atoms with Crippen LogP contribution in [-0.2, 0) is 0 Å². The lowest BCUT2D eigenvalue weighted by Gasteiger charge is -2.32. The van der Waals surface area contributed by atoms with E-state index in [1.165, 1.54) is 0 Å². The van der Waals surface area contributed by atoms with Crippen molar-refractivity contribution in [3.63, 3.8) is 0 Å². The average molecular weight is 313 g/mol. The van der Waals surface area contributed by atoms with Crippen LogP contribution in [0.5, 0.6) is 11.5 Å². The fourth-order valence-corrected chi connectivity index (χ4v) is 2.15. The molecule has 21 heavy (non-hydrogen) atoms. The van der Waals surface area contributed by atoms with Crippen molar-refractivity contribution >= 4 is 12.4 Å². The Balaban J connectivity index is 0.00000220. The van der Waals surface area contributed by atoms with Gasteiger partial charge >= 0.3 is 0 Å². The molecule has 1 aromatic rings. The van der Waals surface area contributed by atoms with Crippen LogP contribution in [0.3, 0.4) is 0 Å². The molecule has 2 rings (SSSR count). The minimum Gasteiger partial charge on any atom is -0.492 e. The Kier molecular flexibility index (Phi) is 8.20. The standard InChI is InChI=1S/C16H24N2O2.ClH/c1-3-13-19-15-4-6-16(7-5-15)20-14-12-18-10-8-17(2)9-11-18;/h3-7H,1,8-14H2,2H3;1H. The third-order valence-corrected chi connectivity index (χ3v) is 3.46. The second-order valence-corrected chi connectivity index (χ2v) is 5.06. The monoisotopic (exact) mass is 312 g/mol. The van der Waals surface area contributed by atoms with Crippen LogP contribution in [0.15, 0.2) is 36.9 Å². The second-order valence-electron chi connectivity index (χ2n) is 5.06. The molecule has 1 aliphatic rings. The summed E-state index contributed by atoms with van der Waals surface area (Å²) in [4.78, 5) is 4.81. The van der Waals surface area contributed by atoms with Crippen LogP contribution in [0.1, 0.15) is 0 Å². The first-order valence-corrected chi connectivity index (χ1v) is 7.15. The van der Waals surface area contributed by atoms with E-state index in [2.05, 4.69) is 23.4 Å². The Bertz CT molecular complexity index is 403. The van der Waals surface area contributed by atoms with E-state index < -0.39 is 0 Å². The topological polar surface area (TPSA) is 24.9 Å². The molecule has 4 nitrogen and oxygen atoms in total. The van der Waals surface area contributed by atoms with Crippen molar-refractivity contribution in [1.29, 1.82) is 0 Å². The molecule has 0 bridgehead atoms. The highest BCUT2D eigenvalue weighted by molar-refractivity contribution is 5.85. The molecule has 5 heteroatoms. The van der Waals surface area contributed by atoms with Crippen LogP contribution >= 0.6 is 12.4 Å². The molecule has 0 unspecified atom stereocenters. The SMILES string of the molecule is C=CCOc1ccc(OCCN2CCN(C)CC2)cc1.Cl. The normalized spacial score (nSPS) is 16.0. The number of ether oxygens (including phenoxy) is 2. The lowest BCUT2D eigenvalue weighted by Crippen LogP contribution is -2.45. The Morgan fingerprint density at radius 3 is 2.19 bits per heavy atom. The maximum absolute atomic E-state index is 5.76. The van der Waals surface area contributed by atoms with Gasteiger partial charge in [-0.1, -0.05) is 12.7 Å². The number of piperazine rings is 1. The van der Waals surface area contributed by atoms with Crippen molar-refractivity contribution in [1.82, 2.24) is 9.80 Å². The van der Waals surface area contributed by atoms with Gasteiger partial charge in [0, 0.05) is 32.7 Å². The van der Waals surface area contributed by atoms with Gasteiger partial charge in [-0.2, -0.15) is 0 Å². The molecule has 0 aromatic heterocycles. The van der Waals surface area contributed by atoms with E-state index in [0.29, 0.717) is 6.61 Å². The van der Waals surface area contributed by atoms with E-state index in [4.69, 9.17) is 9.47 Å². The van der Waals surface area contributed by atoms with Crippen molar-refractivity contribution in [2.24, 2.45) is 0 Å². The quantitative estimate of drug-likeness (QED) is 0.721. The molecule has 1 saturated heterocycles. The zero-order chi connectivity index (χ0) is 14.2. The lowest BCUT2D eigenvalue weighted by molar-refractivity contribution is 0.133. The van der Waals surface area contributed by atoms with E-state index in [9.17, 15) is 0 Å². The molecule has 1 heterocycles. The molecular formula is C16H25ClN2O2. The van der Waals surface area contributed by atoms with Crippen LogP contribution in [0.4, 0.5) is 0 Å². The zero-order valence-electron chi connectivity index (χ0n) is 12.7. The highest BCUT2D eigenvalue weighted by Crippen LogP contribution is 2.17. The van der Waals surface area contributed by atoms with Gasteiger partial charge in [0.15, 0.2) is 0 Å². The van der Waals surface area contributed by atoms with Crippen molar-refractivity contribution in [3.8, 4) is 11.5 Å².